The molecule has 2 aromatic carbocycles. The van der Waals surface area contributed by atoms with E-state index in [0.29, 0.717) is 54.9 Å². The first kappa shape index (κ1) is 20.3. The molecule has 2 aliphatic heterocycles. The van der Waals surface area contributed by atoms with E-state index in [1.54, 1.807) is 0 Å². The van der Waals surface area contributed by atoms with Crippen molar-refractivity contribution in [1.29, 1.82) is 0 Å². The third-order valence-electron chi connectivity index (χ3n) is 4.55. The lowest BCUT2D eigenvalue weighted by molar-refractivity contribution is 0.219. The van der Waals surface area contributed by atoms with Gasteiger partial charge in [0.05, 0.1) is 18.1 Å². The van der Waals surface area contributed by atoms with E-state index in [0.717, 1.165) is 21.2 Å². The van der Waals surface area contributed by atoms with Crippen molar-refractivity contribution in [2.24, 2.45) is 9.98 Å². The molecular weight excluding hydrogens is 479 g/mol. The highest BCUT2D eigenvalue weighted by atomic mass is 79.9. The van der Waals surface area contributed by atoms with E-state index in [1.165, 1.54) is 0 Å². The summed E-state index contributed by atoms with van der Waals surface area (Å²) in [7, 11) is 0. The molecule has 2 aromatic rings. The second-order valence-electron chi connectivity index (χ2n) is 6.55. The van der Waals surface area contributed by atoms with Crippen molar-refractivity contribution in [1.82, 2.24) is 10.6 Å². The standard InChI is InChI=1S/C20H19BrCl2N4O2/c21-14-7-13(10-25-19-24-5-6-28-19)18(23)15(8-14)17-11-27-20(29-17)26-9-12-3-1-2-4-16(12)22/h1-4,7-8,17H,5-6,9-11H2,(H,24,25)(H,26,27). The maximum atomic E-state index is 6.68. The average Bonchev–Trinajstić information content (AvgIpc) is 3.40. The molecule has 0 amide bonds. The Morgan fingerprint density at radius 3 is 2.62 bits per heavy atom. The molecule has 1 atom stereocenters. The Balaban J connectivity index is 1.40. The summed E-state index contributed by atoms with van der Waals surface area (Å²) in [5.41, 5.74) is 2.79. The molecule has 0 aliphatic carbocycles. The van der Waals surface area contributed by atoms with Crippen LogP contribution < -0.4 is 10.6 Å². The number of halogens is 3. The minimum atomic E-state index is -0.257. The quantitative estimate of drug-likeness (QED) is 0.640. The summed E-state index contributed by atoms with van der Waals surface area (Å²) < 4.78 is 12.3. The van der Waals surface area contributed by atoms with Gasteiger partial charge < -0.3 is 20.1 Å². The first-order valence-electron chi connectivity index (χ1n) is 9.17. The highest BCUT2D eigenvalue weighted by Crippen LogP contribution is 2.34. The number of aliphatic imine (C=N–C) groups is 2. The van der Waals surface area contributed by atoms with Gasteiger partial charge in [0.25, 0.3) is 12.0 Å². The zero-order chi connectivity index (χ0) is 20.2. The van der Waals surface area contributed by atoms with Crippen LogP contribution in [0.5, 0.6) is 0 Å². The van der Waals surface area contributed by atoms with E-state index in [-0.39, 0.29) is 6.10 Å². The van der Waals surface area contributed by atoms with Crippen LogP contribution >= 0.6 is 39.1 Å². The molecule has 0 spiro atoms. The molecule has 0 saturated heterocycles. The molecule has 0 radical (unpaired) electrons. The summed E-state index contributed by atoms with van der Waals surface area (Å²) in [6.45, 7) is 2.82. The summed E-state index contributed by atoms with van der Waals surface area (Å²) in [6, 6.07) is 12.6. The van der Waals surface area contributed by atoms with Gasteiger partial charge in [-0.15, -0.1) is 0 Å². The normalized spacial score (nSPS) is 18.0. The Morgan fingerprint density at radius 2 is 1.83 bits per heavy atom. The van der Waals surface area contributed by atoms with Gasteiger partial charge in [0, 0.05) is 28.1 Å². The maximum absolute atomic E-state index is 6.68. The molecule has 2 N–H and O–H groups in total. The van der Waals surface area contributed by atoms with Gasteiger partial charge in [0.1, 0.15) is 12.7 Å². The van der Waals surface area contributed by atoms with Crippen LogP contribution in [-0.4, -0.2) is 31.7 Å². The Morgan fingerprint density at radius 1 is 1.03 bits per heavy atom. The van der Waals surface area contributed by atoms with Gasteiger partial charge in [0.2, 0.25) is 0 Å². The Kier molecular flexibility index (Phi) is 6.47. The molecule has 29 heavy (non-hydrogen) atoms. The molecule has 0 fully saturated rings. The SMILES string of the molecule is Clc1ccccc1CNC1=NCC(c2cc(Br)cc(CNC3=NCCO3)c2Cl)O1. The fourth-order valence-corrected chi connectivity index (χ4v) is 4.11. The number of nitrogens with zero attached hydrogens (tertiary/aromatic N) is 2. The largest absolute Gasteiger partial charge is 0.463 e. The number of hydrogen-bond donors (Lipinski definition) is 2. The van der Waals surface area contributed by atoms with Gasteiger partial charge in [-0.05, 0) is 29.3 Å². The topological polar surface area (TPSA) is 67.2 Å². The third-order valence-corrected chi connectivity index (χ3v) is 5.83. The second-order valence-corrected chi connectivity index (χ2v) is 8.26. The molecule has 1 unspecified atom stereocenters. The monoisotopic (exact) mass is 496 g/mol. The molecule has 0 aromatic heterocycles. The first-order chi connectivity index (χ1) is 14.1. The average molecular weight is 498 g/mol. The highest BCUT2D eigenvalue weighted by Gasteiger charge is 2.25. The molecule has 2 heterocycles. The molecule has 0 saturated carbocycles. The number of nitrogens with one attached hydrogen (secondary N) is 2. The molecule has 6 nitrogen and oxygen atoms in total. The minimum absolute atomic E-state index is 0.257. The maximum Gasteiger partial charge on any atom is 0.285 e. The molecule has 0 bridgehead atoms. The van der Waals surface area contributed by atoms with Crippen molar-refractivity contribution >= 4 is 51.2 Å². The Bertz CT molecular complexity index is 967. The van der Waals surface area contributed by atoms with Gasteiger partial charge in [-0.2, -0.15) is 0 Å². The van der Waals surface area contributed by atoms with E-state index in [9.17, 15) is 0 Å². The van der Waals surface area contributed by atoms with Crippen molar-refractivity contribution in [3.05, 3.63) is 67.6 Å². The number of benzene rings is 2. The van der Waals surface area contributed by atoms with Gasteiger partial charge in [-0.1, -0.05) is 57.3 Å². The lowest BCUT2D eigenvalue weighted by Gasteiger charge is -2.17. The summed E-state index contributed by atoms with van der Waals surface area (Å²) >= 11 is 16.4. The third kappa shape index (κ3) is 4.97. The number of ether oxygens (including phenoxy) is 2. The van der Waals surface area contributed by atoms with Gasteiger partial charge in [-0.3, -0.25) is 0 Å². The summed E-state index contributed by atoms with van der Waals surface area (Å²) in [4.78, 5) is 8.69. The van der Waals surface area contributed by atoms with Crippen LogP contribution in [0.3, 0.4) is 0 Å². The highest BCUT2D eigenvalue weighted by molar-refractivity contribution is 9.10. The van der Waals surface area contributed by atoms with Crippen LogP contribution in [0, 0.1) is 0 Å². The minimum Gasteiger partial charge on any atom is -0.463 e. The Hall–Kier alpha value is -1.96. The van der Waals surface area contributed by atoms with Crippen LogP contribution in [0.15, 0.2) is 50.9 Å². The molecule has 152 valence electrons. The molecule has 4 rings (SSSR count). The fourth-order valence-electron chi connectivity index (χ4n) is 3.09. The summed E-state index contributed by atoms with van der Waals surface area (Å²) in [5.74, 6) is 0. The van der Waals surface area contributed by atoms with Crippen LogP contribution in [0.2, 0.25) is 10.0 Å². The van der Waals surface area contributed by atoms with Crippen molar-refractivity contribution in [2.75, 3.05) is 19.7 Å². The zero-order valence-electron chi connectivity index (χ0n) is 15.4. The predicted octanol–water partition coefficient (Wildman–Crippen LogP) is 4.45. The van der Waals surface area contributed by atoms with E-state index >= 15 is 0 Å². The smallest absolute Gasteiger partial charge is 0.285 e. The van der Waals surface area contributed by atoms with Crippen LogP contribution in [0.25, 0.3) is 0 Å². The number of rotatable bonds is 5. The van der Waals surface area contributed by atoms with Crippen LogP contribution in [0.1, 0.15) is 22.8 Å². The Labute approximate surface area is 187 Å². The van der Waals surface area contributed by atoms with E-state index in [1.807, 2.05) is 36.4 Å². The predicted molar refractivity (Wildman–Crippen MR) is 119 cm³/mol. The van der Waals surface area contributed by atoms with Crippen molar-refractivity contribution in [3.63, 3.8) is 0 Å². The lowest BCUT2D eigenvalue weighted by Crippen LogP contribution is -2.24. The van der Waals surface area contributed by atoms with Crippen LogP contribution in [-0.2, 0) is 22.6 Å². The first-order valence-corrected chi connectivity index (χ1v) is 10.7. The molecule has 2 aliphatic rings. The summed E-state index contributed by atoms with van der Waals surface area (Å²) in [6.07, 6.45) is -0.257. The fraction of sp³-hybridized carbons (Fsp3) is 0.300. The van der Waals surface area contributed by atoms with Gasteiger partial charge in [0.15, 0.2) is 0 Å². The second kappa shape index (κ2) is 9.24. The summed E-state index contributed by atoms with van der Waals surface area (Å²) in [5, 5.41) is 7.71. The number of amidine groups is 2. The van der Waals surface area contributed by atoms with Crippen molar-refractivity contribution in [2.45, 2.75) is 19.2 Å². The lowest BCUT2D eigenvalue weighted by atomic mass is 10.1. The van der Waals surface area contributed by atoms with Crippen molar-refractivity contribution < 1.29 is 9.47 Å². The van der Waals surface area contributed by atoms with E-state index in [2.05, 4.69) is 36.5 Å². The zero-order valence-corrected chi connectivity index (χ0v) is 18.5. The van der Waals surface area contributed by atoms with E-state index < -0.39 is 0 Å². The van der Waals surface area contributed by atoms with Crippen LogP contribution in [0.4, 0.5) is 0 Å². The van der Waals surface area contributed by atoms with Gasteiger partial charge >= 0.3 is 0 Å². The van der Waals surface area contributed by atoms with Gasteiger partial charge in [-0.25, -0.2) is 9.98 Å². The molecule has 9 heteroatoms. The van der Waals surface area contributed by atoms with Crippen molar-refractivity contribution in [3.8, 4) is 0 Å². The number of hydrogen-bond acceptors (Lipinski definition) is 6. The molecular formula is C20H19BrCl2N4O2. The van der Waals surface area contributed by atoms with E-state index in [4.69, 9.17) is 32.7 Å².